The SMILES string of the molecule is OCc1ccc(N2CC=C(C(F)(F)F)CC2)cc1Br. The maximum atomic E-state index is 12.5. The van der Waals surface area contributed by atoms with Gasteiger partial charge in [-0.2, -0.15) is 13.2 Å². The third-order valence-corrected chi connectivity index (χ3v) is 3.88. The minimum absolute atomic E-state index is 0.00285. The third kappa shape index (κ3) is 3.30. The van der Waals surface area contributed by atoms with Gasteiger partial charge in [-0.15, -0.1) is 0 Å². The van der Waals surface area contributed by atoms with E-state index in [4.69, 9.17) is 5.11 Å². The molecule has 2 rings (SSSR count). The lowest BCUT2D eigenvalue weighted by atomic mass is 10.1. The zero-order valence-corrected chi connectivity index (χ0v) is 11.6. The van der Waals surface area contributed by atoms with Crippen LogP contribution in [-0.4, -0.2) is 24.4 Å². The maximum absolute atomic E-state index is 12.5. The quantitative estimate of drug-likeness (QED) is 0.834. The zero-order valence-electron chi connectivity index (χ0n) is 10.0. The minimum Gasteiger partial charge on any atom is -0.392 e. The molecular formula is C13H13BrF3NO. The molecular weight excluding hydrogens is 323 g/mol. The molecule has 1 aliphatic rings. The predicted octanol–water partition coefficient (Wildman–Crippen LogP) is 3.64. The van der Waals surface area contributed by atoms with E-state index in [1.807, 2.05) is 17.0 Å². The Bertz CT molecular complexity index is 499. The molecule has 0 spiro atoms. The lowest BCUT2D eigenvalue weighted by Crippen LogP contribution is -2.31. The number of halogens is 4. The number of rotatable bonds is 2. The van der Waals surface area contributed by atoms with Gasteiger partial charge in [0.1, 0.15) is 0 Å². The van der Waals surface area contributed by atoms with Crippen LogP contribution in [0.25, 0.3) is 0 Å². The standard InChI is InChI=1S/C13H13BrF3NO/c14-12-7-11(2-1-9(12)8-19)18-5-3-10(4-6-18)13(15,16)17/h1-3,7,19H,4-6,8H2. The molecule has 0 aromatic heterocycles. The molecule has 6 heteroatoms. The van der Waals surface area contributed by atoms with Gasteiger partial charge in [-0.3, -0.25) is 0 Å². The number of hydrogen-bond donors (Lipinski definition) is 1. The van der Waals surface area contributed by atoms with Crippen LogP contribution in [0.3, 0.4) is 0 Å². The van der Waals surface area contributed by atoms with E-state index in [9.17, 15) is 13.2 Å². The van der Waals surface area contributed by atoms with E-state index in [2.05, 4.69) is 15.9 Å². The molecule has 1 aromatic carbocycles. The fraction of sp³-hybridized carbons (Fsp3) is 0.385. The van der Waals surface area contributed by atoms with E-state index >= 15 is 0 Å². The number of aliphatic hydroxyl groups excluding tert-OH is 1. The van der Waals surface area contributed by atoms with Crippen molar-refractivity contribution < 1.29 is 18.3 Å². The summed E-state index contributed by atoms with van der Waals surface area (Å²) in [6.45, 7) is 0.523. The zero-order chi connectivity index (χ0) is 14.0. The van der Waals surface area contributed by atoms with Crippen LogP contribution in [0.1, 0.15) is 12.0 Å². The molecule has 0 fully saturated rings. The summed E-state index contributed by atoms with van der Waals surface area (Å²) in [6.07, 6.45) is -2.98. The fourth-order valence-electron chi connectivity index (χ4n) is 2.02. The summed E-state index contributed by atoms with van der Waals surface area (Å²) in [5.41, 5.74) is 1.16. The average molecular weight is 336 g/mol. The molecule has 2 nitrogen and oxygen atoms in total. The van der Waals surface area contributed by atoms with Crippen LogP contribution in [0.5, 0.6) is 0 Å². The fourth-order valence-corrected chi connectivity index (χ4v) is 2.51. The second-order valence-corrected chi connectivity index (χ2v) is 5.21. The molecule has 0 saturated heterocycles. The normalized spacial score (nSPS) is 16.5. The molecule has 0 aliphatic carbocycles. The van der Waals surface area contributed by atoms with Gasteiger partial charge in [0.15, 0.2) is 0 Å². The van der Waals surface area contributed by atoms with E-state index < -0.39 is 11.7 Å². The summed E-state index contributed by atoms with van der Waals surface area (Å²) in [7, 11) is 0. The maximum Gasteiger partial charge on any atom is 0.412 e. The first-order chi connectivity index (χ1) is 8.91. The van der Waals surface area contributed by atoms with Crippen molar-refractivity contribution >= 4 is 21.6 Å². The van der Waals surface area contributed by atoms with Crippen molar-refractivity contribution in [2.75, 3.05) is 18.0 Å². The Kier molecular flexibility index (Phi) is 4.20. The predicted molar refractivity (Wildman–Crippen MR) is 71.0 cm³/mol. The highest BCUT2D eigenvalue weighted by Gasteiger charge is 2.34. The van der Waals surface area contributed by atoms with Gasteiger partial charge >= 0.3 is 6.18 Å². The number of alkyl halides is 3. The van der Waals surface area contributed by atoms with E-state index in [-0.39, 0.29) is 19.6 Å². The van der Waals surface area contributed by atoms with Crippen molar-refractivity contribution in [3.63, 3.8) is 0 Å². The second kappa shape index (κ2) is 5.54. The number of hydrogen-bond acceptors (Lipinski definition) is 2. The molecule has 1 aromatic rings. The summed E-state index contributed by atoms with van der Waals surface area (Å²) in [5.74, 6) is 0. The summed E-state index contributed by atoms with van der Waals surface area (Å²) in [6, 6.07) is 5.39. The van der Waals surface area contributed by atoms with Gasteiger partial charge in [0, 0.05) is 28.8 Å². The van der Waals surface area contributed by atoms with Crippen LogP contribution in [0.2, 0.25) is 0 Å². The van der Waals surface area contributed by atoms with E-state index in [1.54, 1.807) is 6.07 Å². The van der Waals surface area contributed by atoms with Crippen molar-refractivity contribution in [1.29, 1.82) is 0 Å². The van der Waals surface area contributed by atoms with E-state index in [0.29, 0.717) is 6.54 Å². The van der Waals surface area contributed by atoms with Crippen molar-refractivity contribution in [2.24, 2.45) is 0 Å². The molecule has 0 atom stereocenters. The monoisotopic (exact) mass is 335 g/mol. The van der Waals surface area contributed by atoms with Gasteiger partial charge in [-0.1, -0.05) is 28.1 Å². The summed E-state index contributed by atoms with van der Waals surface area (Å²) in [4.78, 5) is 1.88. The van der Waals surface area contributed by atoms with Gasteiger partial charge in [0.2, 0.25) is 0 Å². The van der Waals surface area contributed by atoms with Crippen molar-refractivity contribution in [3.05, 3.63) is 39.9 Å². The highest BCUT2D eigenvalue weighted by Crippen LogP contribution is 2.32. The first-order valence-electron chi connectivity index (χ1n) is 5.82. The molecule has 104 valence electrons. The second-order valence-electron chi connectivity index (χ2n) is 4.36. The van der Waals surface area contributed by atoms with Crippen LogP contribution < -0.4 is 4.90 Å². The van der Waals surface area contributed by atoms with Crippen molar-refractivity contribution in [3.8, 4) is 0 Å². The molecule has 0 bridgehead atoms. The highest BCUT2D eigenvalue weighted by atomic mass is 79.9. The smallest absolute Gasteiger partial charge is 0.392 e. The number of nitrogens with zero attached hydrogens (tertiary/aromatic N) is 1. The van der Waals surface area contributed by atoms with Crippen LogP contribution in [0, 0.1) is 0 Å². The van der Waals surface area contributed by atoms with E-state index in [0.717, 1.165) is 15.7 Å². The summed E-state index contributed by atoms with van der Waals surface area (Å²) in [5, 5.41) is 9.07. The van der Waals surface area contributed by atoms with E-state index in [1.165, 1.54) is 6.08 Å². The largest absolute Gasteiger partial charge is 0.412 e. The van der Waals surface area contributed by atoms with Crippen molar-refractivity contribution in [2.45, 2.75) is 19.2 Å². The molecule has 1 aliphatic heterocycles. The Morgan fingerprint density at radius 2 is 2.05 bits per heavy atom. The molecule has 0 radical (unpaired) electrons. The van der Waals surface area contributed by atoms with Gasteiger partial charge in [-0.05, 0) is 24.1 Å². The van der Waals surface area contributed by atoms with Crippen LogP contribution in [0.4, 0.5) is 18.9 Å². The number of aliphatic hydroxyl groups is 1. The van der Waals surface area contributed by atoms with Crippen LogP contribution in [0.15, 0.2) is 34.3 Å². The first kappa shape index (κ1) is 14.4. The number of anilines is 1. The minimum atomic E-state index is -4.21. The Hall–Kier alpha value is -1.01. The topological polar surface area (TPSA) is 23.5 Å². The lowest BCUT2D eigenvalue weighted by Gasteiger charge is -2.29. The Morgan fingerprint density at radius 1 is 1.32 bits per heavy atom. The lowest BCUT2D eigenvalue weighted by molar-refractivity contribution is -0.0943. The highest BCUT2D eigenvalue weighted by molar-refractivity contribution is 9.10. The van der Waals surface area contributed by atoms with Gasteiger partial charge < -0.3 is 10.0 Å². The molecule has 19 heavy (non-hydrogen) atoms. The van der Waals surface area contributed by atoms with Crippen LogP contribution in [-0.2, 0) is 6.61 Å². The molecule has 0 saturated carbocycles. The van der Waals surface area contributed by atoms with Crippen LogP contribution >= 0.6 is 15.9 Å². The summed E-state index contributed by atoms with van der Waals surface area (Å²) < 4.78 is 38.3. The Balaban J connectivity index is 2.14. The molecule has 1 heterocycles. The first-order valence-corrected chi connectivity index (χ1v) is 6.61. The van der Waals surface area contributed by atoms with Gasteiger partial charge in [0.25, 0.3) is 0 Å². The number of benzene rings is 1. The Labute approximate surface area is 117 Å². The third-order valence-electron chi connectivity index (χ3n) is 3.15. The van der Waals surface area contributed by atoms with Crippen molar-refractivity contribution in [1.82, 2.24) is 0 Å². The van der Waals surface area contributed by atoms with Gasteiger partial charge in [0.05, 0.1) is 6.61 Å². The Morgan fingerprint density at radius 3 is 2.53 bits per heavy atom. The average Bonchev–Trinajstić information content (AvgIpc) is 2.38. The van der Waals surface area contributed by atoms with Gasteiger partial charge in [-0.25, -0.2) is 0 Å². The summed E-state index contributed by atoms with van der Waals surface area (Å²) >= 11 is 3.34. The molecule has 1 N–H and O–H groups in total. The molecule has 0 unspecified atom stereocenters. The molecule has 0 amide bonds.